The van der Waals surface area contributed by atoms with E-state index in [1.54, 1.807) is 35.2 Å². The van der Waals surface area contributed by atoms with Crippen LogP contribution in [-0.2, 0) is 28.7 Å². The maximum atomic E-state index is 13.3. The van der Waals surface area contributed by atoms with Crippen LogP contribution in [0.5, 0.6) is 0 Å². The smallest absolute Gasteiger partial charge is 0.414 e. The molecule has 2 aliphatic heterocycles. The number of halogens is 1. The lowest BCUT2D eigenvalue weighted by molar-refractivity contribution is -0.129. The Morgan fingerprint density at radius 3 is 2.36 bits per heavy atom. The van der Waals surface area contributed by atoms with Crippen LogP contribution < -0.4 is 26.6 Å². The maximum absolute atomic E-state index is 13.3. The molecule has 1 aromatic heterocycles. The first-order valence-corrected chi connectivity index (χ1v) is 15.1. The number of carbonyl (C=O) groups is 6. The van der Waals surface area contributed by atoms with Gasteiger partial charge in [0.15, 0.2) is 0 Å². The molecule has 2 aromatic rings. The van der Waals surface area contributed by atoms with Gasteiger partial charge in [-0.3, -0.25) is 33.8 Å². The molecule has 0 radical (unpaired) electrons. The largest absolute Gasteiger partial charge is 0.442 e. The van der Waals surface area contributed by atoms with Gasteiger partial charge in [0.05, 0.1) is 41.4 Å². The van der Waals surface area contributed by atoms with Crippen molar-refractivity contribution >= 4 is 69.9 Å². The number of nitrogens with one attached hydrogen (secondary N) is 1. The van der Waals surface area contributed by atoms with Gasteiger partial charge in [-0.05, 0) is 55.8 Å². The molecule has 6 amide bonds. The van der Waals surface area contributed by atoms with E-state index in [1.807, 2.05) is 0 Å². The lowest BCUT2D eigenvalue weighted by Crippen LogP contribution is -2.44. The number of primary amides is 2. The van der Waals surface area contributed by atoms with Gasteiger partial charge in [0.1, 0.15) is 12.7 Å². The summed E-state index contributed by atoms with van der Waals surface area (Å²) in [6, 6.07) is 9.02. The number of imide groups is 1. The fourth-order valence-corrected chi connectivity index (χ4v) is 5.77. The number of benzene rings is 1. The molecular weight excluding hydrogens is 616 g/mol. The van der Waals surface area contributed by atoms with Gasteiger partial charge in [-0.15, -0.1) is 11.3 Å². The van der Waals surface area contributed by atoms with E-state index >= 15 is 0 Å². The van der Waals surface area contributed by atoms with Gasteiger partial charge in [0.2, 0.25) is 17.7 Å². The SMILES string of the molecule is NC(=O)C[C@H](NCCCCC(=O)N(C[C@H]1CN(c2ccc(N3CCOCC3=O)cc2)C(=O)O1)C(=O)c1ccc(Cl)s1)C(N)=O. The number of morpholine rings is 1. The summed E-state index contributed by atoms with van der Waals surface area (Å²) >= 11 is 7.05. The zero-order valence-corrected chi connectivity index (χ0v) is 25.3. The predicted molar refractivity (Wildman–Crippen MR) is 161 cm³/mol. The van der Waals surface area contributed by atoms with Crippen molar-refractivity contribution in [2.75, 3.05) is 49.2 Å². The van der Waals surface area contributed by atoms with Crippen molar-refractivity contribution in [2.45, 2.75) is 37.8 Å². The zero-order valence-electron chi connectivity index (χ0n) is 23.7. The number of amides is 6. The first kappa shape index (κ1) is 32.9. The number of hydrogen-bond donors (Lipinski definition) is 3. The van der Waals surface area contributed by atoms with E-state index in [2.05, 4.69) is 5.32 Å². The Hall–Kier alpha value is -4.05. The highest BCUT2D eigenvalue weighted by Gasteiger charge is 2.36. The van der Waals surface area contributed by atoms with Gasteiger partial charge in [-0.2, -0.15) is 0 Å². The Morgan fingerprint density at radius 1 is 1.05 bits per heavy atom. The van der Waals surface area contributed by atoms with Crippen LogP contribution in [0.2, 0.25) is 4.34 Å². The van der Waals surface area contributed by atoms with Crippen LogP contribution in [-0.4, -0.2) is 92.1 Å². The molecule has 3 heterocycles. The minimum Gasteiger partial charge on any atom is -0.442 e. The first-order chi connectivity index (χ1) is 21.0. The van der Waals surface area contributed by atoms with Crippen LogP contribution >= 0.6 is 22.9 Å². The van der Waals surface area contributed by atoms with E-state index in [9.17, 15) is 28.8 Å². The molecule has 5 N–H and O–H groups in total. The molecule has 236 valence electrons. The highest BCUT2D eigenvalue weighted by molar-refractivity contribution is 7.18. The van der Waals surface area contributed by atoms with E-state index in [4.69, 9.17) is 32.5 Å². The number of cyclic esters (lactones) is 1. The highest BCUT2D eigenvalue weighted by atomic mass is 35.5. The Balaban J connectivity index is 1.37. The number of nitrogens with two attached hydrogens (primary N) is 2. The molecule has 2 aliphatic rings. The average Bonchev–Trinajstić information content (AvgIpc) is 3.59. The number of thiophene rings is 1. The molecule has 4 rings (SSSR count). The summed E-state index contributed by atoms with van der Waals surface area (Å²) in [5, 5.41) is 2.84. The minimum absolute atomic E-state index is 0.00428. The van der Waals surface area contributed by atoms with Crippen molar-refractivity contribution in [2.24, 2.45) is 11.5 Å². The fraction of sp³-hybridized carbons (Fsp3) is 0.429. The molecule has 2 atom stereocenters. The average molecular weight is 649 g/mol. The van der Waals surface area contributed by atoms with Gasteiger partial charge in [-0.25, -0.2) is 4.79 Å². The third kappa shape index (κ3) is 8.53. The number of anilines is 2. The molecule has 16 heteroatoms. The highest BCUT2D eigenvalue weighted by Crippen LogP contribution is 2.27. The second-order valence-electron chi connectivity index (χ2n) is 10.2. The molecule has 2 fully saturated rings. The van der Waals surface area contributed by atoms with E-state index in [0.717, 1.165) is 16.2 Å². The van der Waals surface area contributed by atoms with Gasteiger partial charge in [-0.1, -0.05) is 11.6 Å². The summed E-state index contributed by atoms with van der Waals surface area (Å²) in [6.45, 7) is 1.08. The molecule has 44 heavy (non-hydrogen) atoms. The van der Waals surface area contributed by atoms with Crippen LogP contribution in [0.1, 0.15) is 35.4 Å². The Morgan fingerprint density at radius 2 is 1.75 bits per heavy atom. The first-order valence-electron chi connectivity index (χ1n) is 13.9. The van der Waals surface area contributed by atoms with Gasteiger partial charge >= 0.3 is 6.09 Å². The van der Waals surface area contributed by atoms with E-state index < -0.39 is 41.9 Å². The van der Waals surface area contributed by atoms with Crippen LogP contribution in [0.25, 0.3) is 0 Å². The number of rotatable bonds is 14. The summed E-state index contributed by atoms with van der Waals surface area (Å²) in [7, 11) is 0. The van der Waals surface area contributed by atoms with Crippen molar-refractivity contribution < 1.29 is 38.2 Å². The number of hydrogen-bond acceptors (Lipinski definition) is 10. The van der Waals surface area contributed by atoms with Crippen LogP contribution in [0.3, 0.4) is 0 Å². The van der Waals surface area contributed by atoms with E-state index in [1.165, 1.54) is 11.0 Å². The van der Waals surface area contributed by atoms with E-state index in [-0.39, 0.29) is 49.9 Å². The minimum atomic E-state index is -0.914. The molecule has 1 aromatic carbocycles. The molecule has 0 unspecified atom stereocenters. The molecule has 0 saturated carbocycles. The molecular formula is C28H33ClN6O8S. The van der Waals surface area contributed by atoms with Gasteiger partial charge in [0, 0.05) is 24.3 Å². The van der Waals surface area contributed by atoms with Gasteiger partial charge in [0.25, 0.3) is 11.8 Å². The zero-order chi connectivity index (χ0) is 31.8. The predicted octanol–water partition coefficient (Wildman–Crippen LogP) is 1.25. The lowest BCUT2D eigenvalue weighted by Gasteiger charge is -2.27. The number of carbonyl (C=O) groups excluding carboxylic acids is 6. The summed E-state index contributed by atoms with van der Waals surface area (Å²) in [4.78, 5) is 78.5. The topological polar surface area (TPSA) is 195 Å². The van der Waals surface area contributed by atoms with Crippen LogP contribution in [0.15, 0.2) is 36.4 Å². The van der Waals surface area contributed by atoms with E-state index in [0.29, 0.717) is 41.7 Å². The fourth-order valence-electron chi connectivity index (χ4n) is 4.78. The summed E-state index contributed by atoms with van der Waals surface area (Å²) < 4.78 is 11.1. The van der Waals surface area contributed by atoms with Crippen LogP contribution in [0, 0.1) is 0 Å². The third-order valence-corrected chi connectivity index (χ3v) is 8.23. The standard InChI is InChI=1S/C28H33ClN6O8S/c29-22-9-8-21(44-22)27(40)35(24(37)3-1-2-10-32-20(26(31)39)13-23(30)36)15-19-14-34(28(41)43-19)18-6-4-17(5-7-18)33-11-12-42-16-25(33)38/h4-9,19-20,32H,1-3,10-16H2,(H2,30,36)(H2,31,39)/t19-,20+/m1/s1. The van der Waals surface area contributed by atoms with Crippen molar-refractivity contribution in [1.29, 1.82) is 0 Å². The molecule has 14 nitrogen and oxygen atoms in total. The van der Waals surface area contributed by atoms with Crippen molar-refractivity contribution in [3.63, 3.8) is 0 Å². The third-order valence-electron chi connectivity index (χ3n) is 7.01. The molecule has 0 spiro atoms. The van der Waals surface area contributed by atoms with Crippen molar-refractivity contribution in [3.8, 4) is 0 Å². The maximum Gasteiger partial charge on any atom is 0.414 e. The number of nitrogens with zero attached hydrogens (tertiary/aromatic N) is 3. The quantitative estimate of drug-likeness (QED) is 0.253. The number of ether oxygens (including phenoxy) is 2. The van der Waals surface area contributed by atoms with Crippen molar-refractivity contribution in [1.82, 2.24) is 10.2 Å². The molecule has 0 aliphatic carbocycles. The Labute approximate surface area is 262 Å². The summed E-state index contributed by atoms with van der Waals surface area (Å²) in [5.74, 6) is -2.58. The Bertz CT molecular complexity index is 1400. The van der Waals surface area contributed by atoms with Crippen LogP contribution in [0.4, 0.5) is 16.2 Å². The Kier molecular flexibility index (Phi) is 11.3. The second-order valence-corrected chi connectivity index (χ2v) is 11.9. The molecule has 2 saturated heterocycles. The number of unbranched alkanes of at least 4 members (excludes halogenated alkanes) is 1. The normalized spacial score (nSPS) is 17.3. The second kappa shape index (κ2) is 15.1. The monoisotopic (exact) mass is 648 g/mol. The lowest BCUT2D eigenvalue weighted by atomic mass is 10.1. The summed E-state index contributed by atoms with van der Waals surface area (Å²) in [6.07, 6.45) is -0.866. The van der Waals surface area contributed by atoms with Gasteiger partial charge < -0.3 is 31.2 Å². The van der Waals surface area contributed by atoms with Crippen molar-refractivity contribution in [3.05, 3.63) is 45.6 Å². The molecule has 0 bridgehead atoms. The summed E-state index contributed by atoms with van der Waals surface area (Å²) in [5.41, 5.74) is 11.6.